The van der Waals surface area contributed by atoms with Gasteiger partial charge in [0.05, 0.1) is 0 Å². The second-order valence-corrected chi connectivity index (χ2v) is 2.60. The molecule has 10 heavy (non-hydrogen) atoms. The fraction of sp³-hybridized carbons (Fsp3) is 0.778. The number of nitrogens with zero attached hydrogens (tertiary/aromatic N) is 1. The number of rotatable bonds is 1. The third kappa shape index (κ3) is 120. The molecule has 0 rings (SSSR count). The van der Waals surface area contributed by atoms with Crippen molar-refractivity contribution in [1.29, 1.82) is 0 Å². The zero-order valence-corrected chi connectivity index (χ0v) is 7.36. The maximum absolute atomic E-state index is 3.56. The van der Waals surface area contributed by atoms with Crippen molar-refractivity contribution in [3.63, 3.8) is 0 Å². The second kappa shape index (κ2) is 11.5. The SMILES string of the molecule is C.C=C(C)C.CCN(C)C. The highest BCUT2D eigenvalue weighted by Gasteiger charge is 1.72. The summed E-state index contributed by atoms with van der Waals surface area (Å²) in [5, 5.41) is 0. The van der Waals surface area contributed by atoms with Crippen LogP contribution in [-0.4, -0.2) is 25.5 Å². The summed E-state index contributed by atoms with van der Waals surface area (Å²) in [6.07, 6.45) is 0. The molecule has 0 aromatic rings. The molecule has 0 heterocycles. The summed E-state index contributed by atoms with van der Waals surface area (Å²) < 4.78 is 0. The predicted molar refractivity (Wildman–Crippen MR) is 51.4 cm³/mol. The molecular formula is C9H23N. The molecule has 0 aromatic carbocycles. The van der Waals surface area contributed by atoms with Gasteiger partial charge in [0.1, 0.15) is 0 Å². The molecule has 0 aliphatic rings. The van der Waals surface area contributed by atoms with Crippen molar-refractivity contribution >= 4 is 0 Å². The molecule has 0 atom stereocenters. The van der Waals surface area contributed by atoms with Gasteiger partial charge >= 0.3 is 0 Å². The Labute approximate surface area is 66.7 Å². The van der Waals surface area contributed by atoms with Crippen LogP contribution in [0.4, 0.5) is 0 Å². The molecule has 0 spiro atoms. The van der Waals surface area contributed by atoms with E-state index in [9.17, 15) is 0 Å². The average Bonchev–Trinajstić information content (AvgIpc) is 1.65. The van der Waals surface area contributed by atoms with Crippen LogP contribution in [0.3, 0.4) is 0 Å². The molecule has 1 nitrogen and oxygen atoms in total. The van der Waals surface area contributed by atoms with E-state index in [-0.39, 0.29) is 7.43 Å². The summed E-state index contributed by atoms with van der Waals surface area (Å²) in [6, 6.07) is 0. The molecule has 0 saturated carbocycles. The van der Waals surface area contributed by atoms with Crippen LogP contribution in [0.1, 0.15) is 28.2 Å². The lowest BCUT2D eigenvalue weighted by Crippen LogP contribution is -2.08. The first-order valence-corrected chi connectivity index (χ1v) is 3.27. The highest BCUT2D eigenvalue weighted by Crippen LogP contribution is 1.73. The van der Waals surface area contributed by atoms with E-state index < -0.39 is 0 Å². The minimum absolute atomic E-state index is 0. The molecule has 1 heteroatoms. The van der Waals surface area contributed by atoms with E-state index >= 15 is 0 Å². The van der Waals surface area contributed by atoms with Gasteiger partial charge in [-0.2, -0.15) is 0 Å². The Morgan fingerprint density at radius 2 is 1.40 bits per heavy atom. The van der Waals surface area contributed by atoms with Gasteiger partial charge in [0, 0.05) is 0 Å². The molecule has 0 unspecified atom stereocenters. The van der Waals surface area contributed by atoms with Crippen molar-refractivity contribution in [2.75, 3.05) is 20.6 Å². The average molecular weight is 145 g/mol. The Morgan fingerprint density at radius 1 is 1.30 bits per heavy atom. The molecule has 0 fully saturated rings. The first kappa shape index (κ1) is 16.4. The summed E-state index contributed by atoms with van der Waals surface area (Å²) in [5.74, 6) is 0. The summed E-state index contributed by atoms with van der Waals surface area (Å²) in [5.41, 5.74) is 1.17. The van der Waals surface area contributed by atoms with Gasteiger partial charge in [-0.25, -0.2) is 0 Å². The van der Waals surface area contributed by atoms with Crippen molar-refractivity contribution in [2.45, 2.75) is 28.2 Å². The highest BCUT2D eigenvalue weighted by atomic mass is 15.0. The van der Waals surface area contributed by atoms with Crippen LogP contribution in [0.2, 0.25) is 0 Å². The van der Waals surface area contributed by atoms with Crippen LogP contribution in [0.15, 0.2) is 12.2 Å². The maximum Gasteiger partial charge on any atom is -0.00533 e. The largest absolute Gasteiger partial charge is 0.310 e. The van der Waals surface area contributed by atoms with Gasteiger partial charge in [0.2, 0.25) is 0 Å². The minimum atomic E-state index is 0. The van der Waals surface area contributed by atoms with Crippen LogP contribution < -0.4 is 0 Å². The molecule has 0 saturated heterocycles. The Balaban J connectivity index is -0.0000000910. The fourth-order valence-corrected chi connectivity index (χ4v) is 0. The zero-order valence-electron chi connectivity index (χ0n) is 7.36. The van der Waals surface area contributed by atoms with Gasteiger partial charge in [0.15, 0.2) is 0 Å². The van der Waals surface area contributed by atoms with Crippen molar-refractivity contribution < 1.29 is 0 Å². The highest BCUT2D eigenvalue weighted by molar-refractivity contribution is 4.78. The van der Waals surface area contributed by atoms with Crippen LogP contribution in [0.25, 0.3) is 0 Å². The number of hydrogen-bond donors (Lipinski definition) is 0. The normalized spacial score (nSPS) is 7.40. The van der Waals surface area contributed by atoms with Crippen molar-refractivity contribution in [1.82, 2.24) is 4.90 Å². The van der Waals surface area contributed by atoms with E-state index in [1.165, 1.54) is 5.57 Å². The van der Waals surface area contributed by atoms with E-state index in [2.05, 4.69) is 32.5 Å². The van der Waals surface area contributed by atoms with E-state index in [0.29, 0.717) is 0 Å². The van der Waals surface area contributed by atoms with E-state index in [1.54, 1.807) is 0 Å². The van der Waals surface area contributed by atoms with Gasteiger partial charge < -0.3 is 4.90 Å². The van der Waals surface area contributed by atoms with Crippen LogP contribution >= 0.6 is 0 Å². The maximum atomic E-state index is 3.56. The van der Waals surface area contributed by atoms with Gasteiger partial charge in [-0.15, -0.1) is 6.58 Å². The lowest BCUT2D eigenvalue weighted by atomic mass is 10.4. The van der Waals surface area contributed by atoms with Gasteiger partial charge in [-0.1, -0.05) is 19.9 Å². The molecule has 0 amide bonds. The van der Waals surface area contributed by atoms with E-state index in [0.717, 1.165) is 6.54 Å². The topological polar surface area (TPSA) is 3.24 Å². The molecule has 0 aromatic heterocycles. The Morgan fingerprint density at radius 3 is 1.40 bits per heavy atom. The third-order valence-corrected chi connectivity index (χ3v) is 0.632. The van der Waals surface area contributed by atoms with Crippen LogP contribution in [-0.2, 0) is 0 Å². The lowest BCUT2D eigenvalue weighted by Gasteiger charge is -2.00. The third-order valence-electron chi connectivity index (χ3n) is 0.632. The van der Waals surface area contributed by atoms with Crippen LogP contribution in [0, 0.1) is 0 Å². The summed E-state index contributed by atoms with van der Waals surface area (Å²) >= 11 is 0. The summed E-state index contributed by atoms with van der Waals surface area (Å²) in [7, 11) is 4.11. The first-order valence-electron chi connectivity index (χ1n) is 3.27. The Kier molecular flexibility index (Phi) is 18.8. The number of allylic oxidation sites excluding steroid dienone is 1. The van der Waals surface area contributed by atoms with Crippen molar-refractivity contribution in [3.05, 3.63) is 12.2 Å². The quantitative estimate of drug-likeness (QED) is 0.513. The fourth-order valence-electron chi connectivity index (χ4n) is 0. The van der Waals surface area contributed by atoms with E-state index in [4.69, 9.17) is 0 Å². The molecular weight excluding hydrogens is 122 g/mol. The molecule has 0 N–H and O–H groups in total. The molecule has 0 aliphatic carbocycles. The Bertz CT molecular complexity index is 61.1. The number of hydrogen-bond acceptors (Lipinski definition) is 1. The smallest absolute Gasteiger partial charge is 0.00533 e. The molecule has 0 radical (unpaired) electrons. The standard InChI is InChI=1S/C4H11N.C4H8.CH4/c1-4-5(2)3;1-4(2)3;/h4H2,1-3H3;1H2,2-3H3;1H4. The molecule has 64 valence electrons. The first-order chi connectivity index (χ1) is 4.00. The summed E-state index contributed by atoms with van der Waals surface area (Å²) in [4.78, 5) is 2.12. The Hall–Kier alpha value is -0.300. The summed E-state index contributed by atoms with van der Waals surface area (Å²) in [6.45, 7) is 10.8. The molecule has 0 aliphatic heterocycles. The van der Waals surface area contributed by atoms with Crippen molar-refractivity contribution in [2.24, 2.45) is 0 Å². The zero-order chi connectivity index (χ0) is 7.86. The van der Waals surface area contributed by atoms with Gasteiger partial charge in [-0.3, -0.25) is 0 Å². The van der Waals surface area contributed by atoms with Gasteiger partial charge in [-0.05, 0) is 34.5 Å². The minimum Gasteiger partial charge on any atom is -0.310 e. The van der Waals surface area contributed by atoms with Crippen LogP contribution in [0.5, 0.6) is 0 Å². The van der Waals surface area contributed by atoms with Crippen molar-refractivity contribution in [3.8, 4) is 0 Å². The van der Waals surface area contributed by atoms with Gasteiger partial charge in [0.25, 0.3) is 0 Å². The van der Waals surface area contributed by atoms with E-state index in [1.807, 2.05) is 13.8 Å². The lowest BCUT2D eigenvalue weighted by molar-refractivity contribution is 0.434. The monoisotopic (exact) mass is 145 g/mol. The molecule has 0 bridgehead atoms. The predicted octanol–water partition coefficient (Wildman–Crippen LogP) is 2.79. The second-order valence-electron chi connectivity index (χ2n) is 2.60.